The first-order chi connectivity index (χ1) is 18.3. The average molecular weight is 538 g/mol. The summed E-state index contributed by atoms with van der Waals surface area (Å²) < 4.78 is 4.77. The van der Waals surface area contributed by atoms with Gasteiger partial charge in [0.1, 0.15) is 0 Å². The summed E-state index contributed by atoms with van der Waals surface area (Å²) in [4.78, 5) is 46.3. The number of allylic oxidation sites excluding steroid dienone is 1. The standard InChI is InChI=1S/C29H36ClN5O3/c1-4-23(36)14-13-20-9-5-7-11-22(15-20)33-16-19(2)17-34-25-26(31-28(33)34)32(3)29(38)35(27(25)37)18-21-10-6-8-12-24(21)30/h4,6,8,10,12,19-20,22H,1,5,7,9,11,13-18H2,2-3H3/t19?,20?,22-/m1/s1. The smallest absolute Gasteiger partial charge is 0.332 e. The lowest BCUT2D eigenvalue weighted by molar-refractivity contribution is -0.114. The molecule has 38 heavy (non-hydrogen) atoms. The van der Waals surface area contributed by atoms with Gasteiger partial charge in [0.25, 0.3) is 5.56 Å². The number of nitrogens with zero attached hydrogens (tertiary/aromatic N) is 5. The Labute approximate surface area is 227 Å². The number of fused-ring (bicyclic) bond motifs is 3. The van der Waals surface area contributed by atoms with Crippen LogP contribution < -0.4 is 16.1 Å². The normalized spacial score (nSPS) is 21.8. The maximum Gasteiger partial charge on any atom is 0.332 e. The van der Waals surface area contributed by atoms with Crippen molar-refractivity contribution in [3.05, 3.63) is 68.3 Å². The number of imidazole rings is 1. The summed E-state index contributed by atoms with van der Waals surface area (Å²) in [6.45, 7) is 7.44. The van der Waals surface area contributed by atoms with Gasteiger partial charge in [-0.15, -0.1) is 0 Å². The number of hydrogen-bond donors (Lipinski definition) is 0. The van der Waals surface area contributed by atoms with E-state index >= 15 is 0 Å². The molecule has 0 bridgehead atoms. The van der Waals surface area contributed by atoms with Crippen molar-refractivity contribution in [3.8, 4) is 0 Å². The number of hydrogen-bond acceptors (Lipinski definition) is 5. The third-order valence-electron chi connectivity index (χ3n) is 8.23. The third-order valence-corrected chi connectivity index (χ3v) is 8.60. The third kappa shape index (κ3) is 4.98. The van der Waals surface area contributed by atoms with Crippen molar-refractivity contribution in [2.45, 2.75) is 71.0 Å². The van der Waals surface area contributed by atoms with Gasteiger partial charge in [-0.1, -0.05) is 62.6 Å². The minimum atomic E-state index is -0.404. The van der Waals surface area contributed by atoms with Crippen molar-refractivity contribution in [2.24, 2.45) is 18.9 Å². The predicted molar refractivity (Wildman–Crippen MR) is 151 cm³/mol. The topological polar surface area (TPSA) is 82.1 Å². The van der Waals surface area contributed by atoms with Crippen LogP contribution in [-0.2, 0) is 24.9 Å². The van der Waals surface area contributed by atoms with Crippen molar-refractivity contribution in [2.75, 3.05) is 11.4 Å². The number of ketones is 1. The van der Waals surface area contributed by atoms with Crippen molar-refractivity contribution in [3.63, 3.8) is 0 Å². The highest BCUT2D eigenvalue weighted by Crippen LogP contribution is 2.35. The quantitative estimate of drug-likeness (QED) is 0.326. The van der Waals surface area contributed by atoms with Gasteiger partial charge in [-0.3, -0.25) is 18.7 Å². The predicted octanol–water partition coefficient (Wildman–Crippen LogP) is 4.54. The number of benzene rings is 1. The SMILES string of the molecule is C=CC(=O)CCC1CCCC[C@@H](N2CC(C)Cn3c2nc2c3c(=O)n(Cc3ccccc3Cl)c(=O)n2C)C1. The molecule has 1 saturated carbocycles. The summed E-state index contributed by atoms with van der Waals surface area (Å²) in [7, 11) is 1.68. The largest absolute Gasteiger partial charge is 0.339 e. The zero-order chi connectivity index (χ0) is 27.0. The molecule has 2 aliphatic rings. The molecule has 2 aromatic heterocycles. The van der Waals surface area contributed by atoms with Gasteiger partial charge in [-0.2, -0.15) is 4.98 Å². The maximum atomic E-state index is 13.8. The molecule has 0 radical (unpaired) electrons. The van der Waals surface area contributed by atoms with Gasteiger partial charge in [-0.25, -0.2) is 4.79 Å². The highest BCUT2D eigenvalue weighted by Gasteiger charge is 2.34. The number of carbonyl (C=O) groups excluding carboxylic acids is 1. The molecule has 0 N–H and O–H groups in total. The van der Waals surface area contributed by atoms with Crippen molar-refractivity contribution in [1.29, 1.82) is 0 Å². The molecular formula is C29H36ClN5O3. The van der Waals surface area contributed by atoms with Crippen molar-refractivity contribution in [1.82, 2.24) is 18.7 Å². The summed E-state index contributed by atoms with van der Waals surface area (Å²) in [5, 5.41) is 0.523. The van der Waals surface area contributed by atoms with Crippen LogP contribution in [0.15, 0.2) is 46.5 Å². The van der Waals surface area contributed by atoms with Crippen LogP contribution in [-0.4, -0.2) is 37.1 Å². The molecule has 3 aromatic rings. The lowest BCUT2D eigenvalue weighted by atomic mass is 9.91. The van der Waals surface area contributed by atoms with E-state index in [1.54, 1.807) is 13.1 Å². The highest BCUT2D eigenvalue weighted by molar-refractivity contribution is 6.31. The van der Waals surface area contributed by atoms with Gasteiger partial charge in [0, 0.05) is 37.6 Å². The molecule has 3 heterocycles. The van der Waals surface area contributed by atoms with Gasteiger partial charge in [0.05, 0.1) is 6.54 Å². The van der Waals surface area contributed by atoms with Crippen LogP contribution in [0.3, 0.4) is 0 Å². The maximum absolute atomic E-state index is 13.8. The molecule has 9 heteroatoms. The molecular weight excluding hydrogens is 502 g/mol. The number of anilines is 1. The summed E-state index contributed by atoms with van der Waals surface area (Å²) in [5.41, 5.74) is 0.871. The molecule has 1 fully saturated rings. The Morgan fingerprint density at radius 3 is 2.71 bits per heavy atom. The monoisotopic (exact) mass is 537 g/mol. The van der Waals surface area contributed by atoms with Crippen molar-refractivity contribution >= 4 is 34.5 Å². The van der Waals surface area contributed by atoms with Gasteiger partial charge in [0.2, 0.25) is 5.95 Å². The van der Waals surface area contributed by atoms with Crippen LogP contribution in [0.1, 0.15) is 57.4 Å². The summed E-state index contributed by atoms with van der Waals surface area (Å²) in [6, 6.07) is 7.55. The van der Waals surface area contributed by atoms with E-state index < -0.39 is 5.69 Å². The Morgan fingerprint density at radius 1 is 1.18 bits per heavy atom. The number of aromatic nitrogens is 4. The second kappa shape index (κ2) is 10.9. The first-order valence-electron chi connectivity index (χ1n) is 13.6. The molecule has 1 aliphatic carbocycles. The average Bonchev–Trinajstić information content (AvgIpc) is 3.13. The minimum absolute atomic E-state index is 0.105. The van der Waals surface area contributed by atoms with Crippen molar-refractivity contribution < 1.29 is 4.79 Å². The number of rotatable bonds is 7. The Balaban J connectivity index is 1.55. The van der Waals surface area contributed by atoms with E-state index in [1.807, 2.05) is 22.8 Å². The van der Waals surface area contributed by atoms with Gasteiger partial charge >= 0.3 is 5.69 Å². The first kappa shape index (κ1) is 26.5. The molecule has 202 valence electrons. The molecule has 3 atom stereocenters. The molecule has 1 aliphatic heterocycles. The zero-order valence-electron chi connectivity index (χ0n) is 22.2. The van der Waals surface area contributed by atoms with Crippen LogP contribution in [0.5, 0.6) is 0 Å². The fourth-order valence-electron chi connectivity index (χ4n) is 6.22. The second-order valence-corrected chi connectivity index (χ2v) is 11.4. The lowest BCUT2D eigenvalue weighted by Gasteiger charge is -2.39. The molecule has 1 aromatic carbocycles. The Hall–Kier alpha value is -3.13. The van der Waals surface area contributed by atoms with E-state index in [0.29, 0.717) is 41.0 Å². The summed E-state index contributed by atoms with van der Waals surface area (Å²) in [6.07, 6.45) is 8.31. The molecule has 2 unspecified atom stereocenters. The van der Waals surface area contributed by atoms with Crippen LogP contribution in [0.25, 0.3) is 11.2 Å². The summed E-state index contributed by atoms with van der Waals surface area (Å²) in [5.74, 6) is 1.66. The van der Waals surface area contributed by atoms with E-state index in [1.165, 1.54) is 15.2 Å². The van der Waals surface area contributed by atoms with E-state index in [-0.39, 0.29) is 23.9 Å². The number of halogens is 1. The fraction of sp³-hybridized carbons (Fsp3) is 0.517. The molecule has 5 rings (SSSR count). The van der Waals surface area contributed by atoms with Gasteiger partial charge in [0.15, 0.2) is 16.9 Å². The second-order valence-electron chi connectivity index (χ2n) is 11.0. The minimum Gasteiger partial charge on any atom is -0.339 e. The van der Waals surface area contributed by atoms with E-state index in [4.69, 9.17) is 16.6 Å². The first-order valence-corrected chi connectivity index (χ1v) is 14.0. The zero-order valence-corrected chi connectivity index (χ0v) is 23.0. The van der Waals surface area contributed by atoms with E-state index in [9.17, 15) is 14.4 Å². The van der Waals surface area contributed by atoms with Gasteiger partial charge < -0.3 is 9.47 Å². The number of carbonyl (C=O) groups is 1. The Morgan fingerprint density at radius 2 is 1.95 bits per heavy atom. The number of aryl methyl sites for hydroxylation is 1. The fourth-order valence-corrected chi connectivity index (χ4v) is 6.41. The van der Waals surface area contributed by atoms with Gasteiger partial charge in [-0.05, 0) is 48.8 Å². The van der Waals surface area contributed by atoms with E-state index in [2.05, 4.69) is 18.4 Å². The van der Waals surface area contributed by atoms with Crippen LogP contribution in [0.4, 0.5) is 5.95 Å². The van der Waals surface area contributed by atoms with Crippen LogP contribution >= 0.6 is 11.6 Å². The highest BCUT2D eigenvalue weighted by atomic mass is 35.5. The molecule has 8 nitrogen and oxygen atoms in total. The Kier molecular flexibility index (Phi) is 7.61. The van der Waals surface area contributed by atoms with Crippen LogP contribution in [0, 0.1) is 11.8 Å². The van der Waals surface area contributed by atoms with E-state index in [0.717, 1.165) is 56.6 Å². The Bertz CT molecular complexity index is 1490. The molecule has 0 saturated heterocycles. The molecule has 0 amide bonds. The van der Waals surface area contributed by atoms with Crippen LogP contribution in [0.2, 0.25) is 5.02 Å². The summed E-state index contributed by atoms with van der Waals surface area (Å²) >= 11 is 6.36. The molecule has 0 spiro atoms. The lowest BCUT2D eigenvalue weighted by Crippen LogP contribution is -2.45.